The number of thiocarbonyl (C=S) groups is 1. The van der Waals surface area contributed by atoms with Crippen LogP contribution < -0.4 is 15.4 Å². The molecular weight excluding hydrogens is 268 g/mol. The highest BCUT2D eigenvalue weighted by Crippen LogP contribution is 2.40. The molecule has 0 fully saturated rings. The van der Waals surface area contributed by atoms with Crippen molar-refractivity contribution >= 4 is 22.9 Å². The Kier molecular flexibility index (Phi) is 4.53. The average molecular weight is 292 g/mol. The van der Waals surface area contributed by atoms with Crippen LogP contribution in [0.3, 0.4) is 0 Å². The van der Waals surface area contributed by atoms with Gasteiger partial charge in [0, 0.05) is 13.0 Å². The fourth-order valence-corrected chi connectivity index (χ4v) is 2.82. The average Bonchev–Trinajstić information content (AvgIpc) is 2.43. The number of hydrogen-bond acceptors (Lipinski definition) is 3. The number of fused-ring (bicyclic) bond motifs is 1. The van der Waals surface area contributed by atoms with Crippen LogP contribution in [0, 0.1) is 6.92 Å². The van der Waals surface area contributed by atoms with E-state index in [2.05, 4.69) is 43.9 Å². The van der Waals surface area contributed by atoms with Gasteiger partial charge in [-0.2, -0.15) is 0 Å². The molecular formula is C16H24N2OS. The maximum atomic E-state index is 6.33. The second kappa shape index (κ2) is 6.00. The second-order valence-corrected chi connectivity index (χ2v) is 6.13. The lowest BCUT2D eigenvalue weighted by Crippen LogP contribution is -2.51. The first kappa shape index (κ1) is 15.1. The van der Waals surface area contributed by atoms with Crippen molar-refractivity contribution in [2.24, 2.45) is 5.73 Å². The van der Waals surface area contributed by atoms with Gasteiger partial charge in [-0.25, -0.2) is 0 Å². The van der Waals surface area contributed by atoms with E-state index < -0.39 is 0 Å². The first-order valence-electron chi connectivity index (χ1n) is 7.32. The van der Waals surface area contributed by atoms with E-state index in [1.54, 1.807) is 0 Å². The minimum absolute atomic E-state index is 0.100. The Labute approximate surface area is 127 Å². The van der Waals surface area contributed by atoms with Crippen LogP contribution >= 0.6 is 12.2 Å². The molecule has 2 N–H and O–H groups in total. The molecule has 1 heterocycles. The Morgan fingerprint density at radius 3 is 2.70 bits per heavy atom. The zero-order chi connectivity index (χ0) is 14.8. The highest BCUT2D eigenvalue weighted by atomic mass is 32.1. The number of hydrogen-bond donors (Lipinski definition) is 1. The Morgan fingerprint density at radius 2 is 2.10 bits per heavy atom. The molecule has 0 radical (unpaired) electrons. The van der Waals surface area contributed by atoms with E-state index in [1.807, 2.05) is 0 Å². The van der Waals surface area contributed by atoms with Crippen LogP contribution in [-0.2, 0) is 0 Å². The Morgan fingerprint density at radius 1 is 1.40 bits per heavy atom. The molecule has 0 saturated carbocycles. The zero-order valence-corrected chi connectivity index (χ0v) is 13.4. The minimum Gasteiger partial charge on any atom is -0.483 e. The predicted molar refractivity (Wildman–Crippen MR) is 88.7 cm³/mol. The molecule has 0 saturated heterocycles. The second-order valence-electron chi connectivity index (χ2n) is 5.60. The van der Waals surface area contributed by atoms with Gasteiger partial charge < -0.3 is 15.4 Å². The lowest BCUT2D eigenvalue weighted by Gasteiger charge is -2.44. The van der Waals surface area contributed by atoms with Crippen molar-refractivity contribution in [2.75, 3.05) is 18.0 Å². The molecule has 1 aromatic rings. The van der Waals surface area contributed by atoms with Crippen LogP contribution in [0.4, 0.5) is 5.69 Å². The van der Waals surface area contributed by atoms with Crippen molar-refractivity contribution in [1.29, 1.82) is 0 Å². The van der Waals surface area contributed by atoms with Gasteiger partial charge in [0.05, 0.1) is 17.2 Å². The molecule has 0 atom stereocenters. The number of aryl methyl sites for hydroxylation is 1. The Hall–Kier alpha value is -1.29. The summed E-state index contributed by atoms with van der Waals surface area (Å²) in [4.78, 5) is 2.94. The molecule has 0 spiro atoms. The van der Waals surface area contributed by atoms with Crippen molar-refractivity contribution in [3.8, 4) is 5.75 Å². The maximum absolute atomic E-state index is 6.33. The zero-order valence-electron chi connectivity index (χ0n) is 12.6. The highest BCUT2D eigenvalue weighted by molar-refractivity contribution is 7.80. The number of ether oxygens (including phenoxy) is 1. The van der Waals surface area contributed by atoms with Gasteiger partial charge in [0.15, 0.2) is 0 Å². The van der Waals surface area contributed by atoms with Crippen molar-refractivity contribution < 1.29 is 4.74 Å². The van der Waals surface area contributed by atoms with Gasteiger partial charge >= 0.3 is 0 Å². The van der Waals surface area contributed by atoms with Crippen molar-refractivity contribution in [3.05, 3.63) is 23.8 Å². The van der Waals surface area contributed by atoms with Crippen LogP contribution in [0.1, 0.15) is 38.7 Å². The summed E-state index contributed by atoms with van der Waals surface area (Å²) < 4.78 is 6.33. The first-order valence-corrected chi connectivity index (χ1v) is 7.73. The van der Waals surface area contributed by atoms with Crippen LogP contribution in [0.15, 0.2) is 18.2 Å². The van der Waals surface area contributed by atoms with E-state index >= 15 is 0 Å². The standard InChI is InChI=1S/C16H24N2OS/c1-4-16(5-2)11-18(9-8-15(17)20)13-7-6-12(3)10-14(13)19-16/h6-7,10H,4-5,8-9,11H2,1-3H3,(H2,17,20). The maximum Gasteiger partial charge on any atom is 0.143 e. The summed E-state index contributed by atoms with van der Waals surface area (Å²) in [6, 6.07) is 6.39. The lowest BCUT2D eigenvalue weighted by atomic mass is 9.93. The summed E-state index contributed by atoms with van der Waals surface area (Å²) in [7, 11) is 0. The molecule has 0 aromatic heterocycles. The number of nitrogens with two attached hydrogens (primary N) is 1. The van der Waals surface area contributed by atoms with E-state index in [9.17, 15) is 0 Å². The third kappa shape index (κ3) is 3.06. The Balaban J connectivity index is 2.33. The fraction of sp³-hybridized carbons (Fsp3) is 0.562. The number of nitrogens with zero attached hydrogens (tertiary/aromatic N) is 1. The molecule has 1 aromatic carbocycles. The van der Waals surface area contributed by atoms with Crippen LogP contribution in [0.2, 0.25) is 0 Å². The monoisotopic (exact) mass is 292 g/mol. The van der Waals surface area contributed by atoms with Crippen LogP contribution in [-0.4, -0.2) is 23.7 Å². The molecule has 0 aliphatic carbocycles. The van der Waals surface area contributed by atoms with E-state index in [0.29, 0.717) is 4.99 Å². The van der Waals surface area contributed by atoms with Crippen LogP contribution in [0.5, 0.6) is 5.75 Å². The van der Waals surface area contributed by atoms with E-state index in [-0.39, 0.29) is 5.60 Å². The van der Waals surface area contributed by atoms with Crippen molar-refractivity contribution in [1.82, 2.24) is 0 Å². The minimum atomic E-state index is -0.100. The summed E-state index contributed by atoms with van der Waals surface area (Å²) in [5.41, 5.74) is 7.94. The van der Waals surface area contributed by atoms with E-state index in [1.165, 1.54) is 5.56 Å². The van der Waals surface area contributed by atoms with Gasteiger partial charge in [0.1, 0.15) is 11.4 Å². The predicted octanol–water partition coefficient (Wildman–Crippen LogP) is 3.43. The van der Waals surface area contributed by atoms with Gasteiger partial charge in [-0.05, 0) is 37.5 Å². The van der Waals surface area contributed by atoms with Gasteiger partial charge in [-0.15, -0.1) is 0 Å². The number of anilines is 1. The highest BCUT2D eigenvalue weighted by Gasteiger charge is 2.36. The number of rotatable bonds is 5. The van der Waals surface area contributed by atoms with Gasteiger partial charge in [-0.3, -0.25) is 0 Å². The molecule has 1 aliphatic rings. The summed E-state index contributed by atoms with van der Waals surface area (Å²) >= 11 is 5.02. The molecule has 4 heteroatoms. The third-order valence-electron chi connectivity index (χ3n) is 4.18. The third-order valence-corrected chi connectivity index (χ3v) is 4.38. The topological polar surface area (TPSA) is 38.5 Å². The summed E-state index contributed by atoms with van der Waals surface area (Å²) in [6.45, 7) is 8.23. The summed E-state index contributed by atoms with van der Waals surface area (Å²) in [5.74, 6) is 0.989. The van der Waals surface area contributed by atoms with Crippen molar-refractivity contribution in [3.63, 3.8) is 0 Å². The molecule has 0 bridgehead atoms. The summed E-state index contributed by atoms with van der Waals surface area (Å²) in [5, 5.41) is 0. The fourth-order valence-electron chi connectivity index (χ4n) is 2.73. The molecule has 20 heavy (non-hydrogen) atoms. The van der Waals surface area contributed by atoms with Crippen molar-refractivity contribution in [2.45, 2.75) is 45.6 Å². The number of benzene rings is 1. The Bertz CT molecular complexity index is 497. The van der Waals surface area contributed by atoms with E-state index in [4.69, 9.17) is 22.7 Å². The molecule has 1 aliphatic heterocycles. The van der Waals surface area contributed by atoms with Crippen LogP contribution in [0.25, 0.3) is 0 Å². The molecule has 110 valence electrons. The van der Waals surface area contributed by atoms with Gasteiger partial charge in [0.25, 0.3) is 0 Å². The smallest absolute Gasteiger partial charge is 0.143 e. The van der Waals surface area contributed by atoms with Gasteiger partial charge in [-0.1, -0.05) is 32.1 Å². The van der Waals surface area contributed by atoms with Gasteiger partial charge in [0.2, 0.25) is 0 Å². The lowest BCUT2D eigenvalue weighted by molar-refractivity contribution is 0.0576. The molecule has 2 rings (SSSR count). The molecule has 0 unspecified atom stereocenters. The summed E-state index contributed by atoms with van der Waals surface area (Å²) in [6.07, 6.45) is 2.74. The normalized spacial score (nSPS) is 16.4. The largest absolute Gasteiger partial charge is 0.483 e. The molecule has 3 nitrogen and oxygen atoms in total. The molecule has 0 amide bonds. The quantitative estimate of drug-likeness (QED) is 0.844. The SMILES string of the molecule is CCC1(CC)CN(CCC(N)=S)c2ccc(C)cc2O1. The first-order chi connectivity index (χ1) is 9.49. The van der Waals surface area contributed by atoms with E-state index in [0.717, 1.165) is 43.8 Å².